The number of H-pyrrole nitrogens is 1. The normalized spacial score (nSPS) is 10.1. The van der Waals surface area contributed by atoms with Gasteiger partial charge in [-0.25, -0.2) is 4.98 Å². The molecule has 0 spiro atoms. The Morgan fingerprint density at radius 2 is 2.31 bits per heavy atom. The van der Waals surface area contributed by atoms with Crippen molar-refractivity contribution in [2.45, 2.75) is 6.92 Å². The van der Waals surface area contributed by atoms with Crippen molar-refractivity contribution in [3.05, 3.63) is 40.9 Å². The molecule has 2 N–H and O–H groups in total. The predicted molar refractivity (Wildman–Crippen MR) is 60.5 cm³/mol. The van der Waals surface area contributed by atoms with Crippen molar-refractivity contribution in [1.29, 1.82) is 0 Å². The van der Waals surface area contributed by atoms with Crippen LogP contribution in [-0.4, -0.2) is 21.1 Å². The highest BCUT2D eigenvalue weighted by molar-refractivity contribution is 6.31. The van der Waals surface area contributed by atoms with Gasteiger partial charge in [0, 0.05) is 10.7 Å². The molecule has 82 valence electrons. The Balaban J connectivity index is 2.15. The first-order valence-corrected chi connectivity index (χ1v) is 4.97. The molecule has 2 rings (SSSR count). The maximum atomic E-state index is 11.6. The molecule has 0 aliphatic carbocycles. The highest BCUT2D eigenvalue weighted by Gasteiger charge is 2.09. The lowest BCUT2D eigenvalue weighted by atomic mass is 10.2. The Labute approximate surface area is 96.8 Å². The summed E-state index contributed by atoms with van der Waals surface area (Å²) in [7, 11) is 0. The summed E-state index contributed by atoms with van der Waals surface area (Å²) in [5.74, 6) is -0.186. The summed E-state index contributed by atoms with van der Waals surface area (Å²) >= 11 is 5.94. The number of nitrogens with zero attached hydrogens (tertiary/aromatic N) is 2. The molecule has 0 bridgehead atoms. The van der Waals surface area contributed by atoms with Crippen LogP contribution in [0.3, 0.4) is 0 Å². The fourth-order valence-electron chi connectivity index (χ4n) is 1.18. The quantitative estimate of drug-likeness (QED) is 0.838. The van der Waals surface area contributed by atoms with E-state index in [1.54, 1.807) is 12.1 Å². The first-order valence-electron chi connectivity index (χ1n) is 4.59. The minimum absolute atomic E-state index is 0.164. The van der Waals surface area contributed by atoms with Gasteiger partial charge in [0.2, 0.25) is 5.82 Å². The topological polar surface area (TPSA) is 70.7 Å². The molecule has 1 aromatic carbocycles. The van der Waals surface area contributed by atoms with E-state index in [-0.39, 0.29) is 11.7 Å². The summed E-state index contributed by atoms with van der Waals surface area (Å²) in [6.45, 7) is 1.89. The van der Waals surface area contributed by atoms with Gasteiger partial charge >= 0.3 is 0 Å². The molecule has 0 saturated carbocycles. The molecular formula is C10H9ClN4O. The summed E-state index contributed by atoms with van der Waals surface area (Å²) in [6, 6.07) is 5.29. The average molecular weight is 237 g/mol. The van der Waals surface area contributed by atoms with Gasteiger partial charge in [0.05, 0.1) is 0 Å². The van der Waals surface area contributed by atoms with E-state index in [9.17, 15) is 4.79 Å². The highest BCUT2D eigenvalue weighted by Crippen LogP contribution is 2.20. The van der Waals surface area contributed by atoms with Gasteiger partial charge in [-0.3, -0.25) is 9.89 Å². The third-order valence-corrected chi connectivity index (χ3v) is 2.47. The van der Waals surface area contributed by atoms with E-state index < -0.39 is 0 Å². The van der Waals surface area contributed by atoms with Crippen LogP contribution >= 0.6 is 11.6 Å². The van der Waals surface area contributed by atoms with E-state index >= 15 is 0 Å². The number of amides is 1. The van der Waals surface area contributed by atoms with Crippen LogP contribution in [0, 0.1) is 6.92 Å². The Kier molecular flexibility index (Phi) is 2.87. The molecule has 0 radical (unpaired) electrons. The van der Waals surface area contributed by atoms with Crippen LogP contribution in [0.25, 0.3) is 0 Å². The number of hydrogen-bond acceptors (Lipinski definition) is 3. The van der Waals surface area contributed by atoms with Crippen LogP contribution in [0.2, 0.25) is 5.02 Å². The zero-order chi connectivity index (χ0) is 11.5. The van der Waals surface area contributed by atoms with Crippen LogP contribution in [0.4, 0.5) is 5.69 Å². The van der Waals surface area contributed by atoms with Crippen LogP contribution < -0.4 is 5.32 Å². The number of nitrogens with one attached hydrogen (secondary N) is 2. The van der Waals surface area contributed by atoms with E-state index in [0.717, 1.165) is 5.56 Å². The molecule has 5 nitrogen and oxygen atoms in total. The number of hydrogen-bond donors (Lipinski definition) is 2. The van der Waals surface area contributed by atoms with Crippen molar-refractivity contribution in [3.63, 3.8) is 0 Å². The van der Waals surface area contributed by atoms with Gasteiger partial charge in [0.1, 0.15) is 6.33 Å². The number of benzene rings is 1. The smallest absolute Gasteiger partial charge is 0.292 e. The second kappa shape index (κ2) is 4.32. The summed E-state index contributed by atoms with van der Waals surface area (Å²) < 4.78 is 0. The van der Waals surface area contributed by atoms with Crippen molar-refractivity contribution in [2.75, 3.05) is 5.32 Å². The number of aromatic amines is 1. The molecule has 0 atom stereocenters. The number of halogens is 1. The number of aromatic nitrogens is 3. The van der Waals surface area contributed by atoms with Gasteiger partial charge < -0.3 is 5.32 Å². The van der Waals surface area contributed by atoms with E-state index in [0.29, 0.717) is 10.7 Å². The molecule has 0 unspecified atom stereocenters. The number of aryl methyl sites for hydroxylation is 1. The zero-order valence-corrected chi connectivity index (χ0v) is 9.25. The first-order chi connectivity index (χ1) is 7.66. The summed E-state index contributed by atoms with van der Waals surface area (Å²) in [6.07, 6.45) is 1.27. The second-order valence-electron chi connectivity index (χ2n) is 3.25. The maximum absolute atomic E-state index is 11.6. The molecule has 1 heterocycles. The molecular weight excluding hydrogens is 228 g/mol. The number of rotatable bonds is 2. The Morgan fingerprint density at radius 1 is 1.50 bits per heavy atom. The summed E-state index contributed by atoms with van der Waals surface area (Å²) in [4.78, 5) is 15.3. The summed E-state index contributed by atoms with van der Waals surface area (Å²) in [5.41, 5.74) is 1.58. The molecule has 0 aliphatic rings. The Morgan fingerprint density at radius 3 is 2.94 bits per heavy atom. The van der Waals surface area contributed by atoms with Crippen molar-refractivity contribution in [3.8, 4) is 0 Å². The van der Waals surface area contributed by atoms with Gasteiger partial charge in [-0.15, -0.1) is 0 Å². The van der Waals surface area contributed by atoms with Crippen LogP contribution in [0.5, 0.6) is 0 Å². The van der Waals surface area contributed by atoms with Crippen molar-refractivity contribution in [1.82, 2.24) is 15.2 Å². The van der Waals surface area contributed by atoms with Gasteiger partial charge in [0.15, 0.2) is 0 Å². The van der Waals surface area contributed by atoms with Crippen molar-refractivity contribution < 1.29 is 4.79 Å². The summed E-state index contributed by atoms with van der Waals surface area (Å²) in [5, 5.41) is 9.33. The molecule has 2 aromatic rings. The minimum atomic E-state index is -0.350. The Bertz CT molecular complexity index is 510. The molecule has 1 amide bonds. The van der Waals surface area contributed by atoms with Gasteiger partial charge in [0.25, 0.3) is 5.91 Å². The maximum Gasteiger partial charge on any atom is 0.292 e. The van der Waals surface area contributed by atoms with E-state index in [2.05, 4.69) is 20.5 Å². The second-order valence-corrected chi connectivity index (χ2v) is 3.66. The molecule has 16 heavy (non-hydrogen) atoms. The number of carbonyl (C=O) groups is 1. The van der Waals surface area contributed by atoms with Crippen molar-refractivity contribution >= 4 is 23.2 Å². The first kappa shape index (κ1) is 10.6. The van der Waals surface area contributed by atoms with Crippen molar-refractivity contribution in [2.24, 2.45) is 0 Å². The van der Waals surface area contributed by atoms with Crippen LogP contribution in [-0.2, 0) is 0 Å². The molecule has 1 aromatic heterocycles. The van der Waals surface area contributed by atoms with Gasteiger partial charge in [-0.1, -0.05) is 17.7 Å². The number of carbonyl (C=O) groups excluding carboxylic acids is 1. The minimum Gasteiger partial charge on any atom is -0.319 e. The lowest BCUT2D eigenvalue weighted by Gasteiger charge is -2.04. The van der Waals surface area contributed by atoms with Gasteiger partial charge in [-0.05, 0) is 24.6 Å². The number of anilines is 1. The van der Waals surface area contributed by atoms with E-state index in [1.165, 1.54) is 6.33 Å². The molecule has 6 heteroatoms. The SMILES string of the molecule is Cc1ccc(NC(=O)c2ncn[nH]2)cc1Cl. The largest absolute Gasteiger partial charge is 0.319 e. The zero-order valence-electron chi connectivity index (χ0n) is 8.49. The van der Waals surface area contributed by atoms with E-state index in [1.807, 2.05) is 13.0 Å². The third-order valence-electron chi connectivity index (χ3n) is 2.06. The van der Waals surface area contributed by atoms with Gasteiger partial charge in [-0.2, -0.15) is 5.10 Å². The standard InChI is InChI=1S/C10H9ClN4O/c1-6-2-3-7(4-8(6)11)14-10(16)9-12-5-13-15-9/h2-5H,1H3,(H,14,16)(H,12,13,15). The average Bonchev–Trinajstić information content (AvgIpc) is 2.77. The van der Waals surface area contributed by atoms with Crippen LogP contribution in [0.15, 0.2) is 24.5 Å². The highest BCUT2D eigenvalue weighted by atomic mass is 35.5. The lowest BCUT2D eigenvalue weighted by Crippen LogP contribution is -2.13. The fourth-order valence-corrected chi connectivity index (χ4v) is 1.36. The Hall–Kier alpha value is -1.88. The molecule has 0 fully saturated rings. The fraction of sp³-hybridized carbons (Fsp3) is 0.100. The molecule has 0 aliphatic heterocycles. The monoisotopic (exact) mass is 236 g/mol. The lowest BCUT2D eigenvalue weighted by molar-refractivity contribution is 0.101. The predicted octanol–water partition coefficient (Wildman–Crippen LogP) is 2.02. The van der Waals surface area contributed by atoms with Crippen LogP contribution in [0.1, 0.15) is 16.2 Å². The third kappa shape index (κ3) is 2.20. The van der Waals surface area contributed by atoms with E-state index in [4.69, 9.17) is 11.6 Å². The molecule has 0 saturated heterocycles.